The lowest BCUT2D eigenvalue weighted by molar-refractivity contribution is 0.0731. The van der Waals surface area contributed by atoms with Gasteiger partial charge in [0, 0.05) is 11.8 Å². The average Bonchev–Trinajstić information content (AvgIpc) is 2.31. The minimum atomic E-state index is -4.59. The smallest absolute Gasteiger partial charge is 0.206 e. The van der Waals surface area contributed by atoms with Crippen LogP contribution in [0.15, 0.2) is 0 Å². The molecule has 70 valence electrons. The van der Waals surface area contributed by atoms with E-state index in [1.54, 1.807) is 0 Å². The van der Waals surface area contributed by atoms with Crippen molar-refractivity contribution in [2.75, 3.05) is 0 Å². The van der Waals surface area contributed by atoms with Gasteiger partial charge >= 0.3 is 10.2 Å². The quantitative estimate of drug-likeness (QED) is 0.598. The SMILES string of the molecule is O=S(=O)(F)C1CC2C(C1)C2(F)F. The number of hydrogen-bond donors (Lipinski definition) is 0. The van der Waals surface area contributed by atoms with Crippen LogP contribution in [0, 0.1) is 11.8 Å². The van der Waals surface area contributed by atoms with Crippen LogP contribution in [-0.4, -0.2) is 19.6 Å². The van der Waals surface area contributed by atoms with Gasteiger partial charge in [-0.2, -0.15) is 8.42 Å². The molecule has 0 heterocycles. The molecule has 0 radical (unpaired) electrons. The zero-order valence-corrected chi connectivity index (χ0v) is 6.82. The molecule has 2 aliphatic rings. The largest absolute Gasteiger partial charge is 0.305 e. The van der Waals surface area contributed by atoms with E-state index in [0.717, 1.165) is 0 Å². The van der Waals surface area contributed by atoms with Crippen LogP contribution in [0.1, 0.15) is 12.8 Å². The third-order valence-electron chi connectivity index (χ3n) is 2.80. The summed E-state index contributed by atoms with van der Waals surface area (Å²) in [5, 5.41) is -1.17. The molecule has 0 amide bonds. The highest BCUT2D eigenvalue weighted by atomic mass is 32.3. The Bertz CT molecular complexity index is 297. The first-order valence-corrected chi connectivity index (χ1v) is 5.09. The van der Waals surface area contributed by atoms with Crippen LogP contribution in [0.25, 0.3) is 0 Å². The Morgan fingerprint density at radius 3 is 1.92 bits per heavy atom. The van der Waals surface area contributed by atoms with Gasteiger partial charge in [0.1, 0.15) is 0 Å². The van der Waals surface area contributed by atoms with Crippen molar-refractivity contribution in [3.63, 3.8) is 0 Å². The molecule has 0 aromatic carbocycles. The van der Waals surface area contributed by atoms with E-state index >= 15 is 0 Å². The monoisotopic (exact) mass is 200 g/mol. The maximum atomic E-state index is 12.5. The summed E-state index contributed by atoms with van der Waals surface area (Å²) in [4.78, 5) is 0. The van der Waals surface area contributed by atoms with Crippen molar-refractivity contribution < 1.29 is 21.1 Å². The molecule has 0 aliphatic heterocycles. The summed E-state index contributed by atoms with van der Waals surface area (Å²) in [6, 6.07) is 0. The zero-order chi connectivity index (χ0) is 9.15. The highest BCUT2D eigenvalue weighted by molar-refractivity contribution is 7.87. The van der Waals surface area contributed by atoms with Crippen molar-refractivity contribution >= 4 is 10.2 Å². The Balaban J connectivity index is 2.08. The van der Waals surface area contributed by atoms with Crippen molar-refractivity contribution in [2.45, 2.75) is 24.0 Å². The van der Waals surface area contributed by atoms with Gasteiger partial charge in [-0.1, -0.05) is 0 Å². The normalized spacial score (nSPS) is 44.1. The number of halogens is 3. The predicted octanol–water partition coefficient (Wildman–Crippen LogP) is 1.33. The minimum Gasteiger partial charge on any atom is -0.206 e. The number of alkyl halides is 2. The van der Waals surface area contributed by atoms with Gasteiger partial charge in [-0.05, 0) is 12.8 Å². The Labute approximate surface area is 68.0 Å². The van der Waals surface area contributed by atoms with Gasteiger partial charge in [-0.3, -0.25) is 0 Å². The van der Waals surface area contributed by atoms with E-state index in [1.165, 1.54) is 0 Å². The third-order valence-corrected chi connectivity index (χ3v) is 3.98. The zero-order valence-electron chi connectivity index (χ0n) is 6.00. The van der Waals surface area contributed by atoms with Gasteiger partial charge in [0.15, 0.2) is 0 Å². The van der Waals surface area contributed by atoms with Crippen LogP contribution in [-0.2, 0) is 10.2 Å². The second-order valence-corrected chi connectivity index (χ2v) is 5.07. The van der Waals surface area contributed by atoms with Gasteiger partial charge in [0.2, 0.25) is 0 Å². The molecule has 2 rings (SSSR count). The number of rotatable bonds is 1. The van der Waals surface area contributed by atoms with Crippen LogP contribution >= 0.6 is 0 Å². The number of fused-ring (bicyclic) bond motifs is 1. The molecule has 2 unspecified atom stereocenters. The minimum absolute atomic E-state index is 0.212. The highest BCUT2D eigenvalue weighted by Gasteiger charge is 2.73. The standard InChI is InChI=1S/C6H7F3O2S/c7-6(8)4-1-3(2-5(4)6)12(9,10)11/h3-5H,1-2H2. The second kappa shape index (κ2) is 1.97. The summed E-state index contributed by atoms with van der Waals surface area (Å²) >= 11 is 0. The lowest BCUT2D eigenvalue weighted by atomic mass is 10.2. The summed E-state index contributed by atoms with van der Waals surface area (Å²) in [6.45, 7) is 0. The fourth-order valence-electron chi connectivity index (χ4n) is 2.00. The molecule has 0 aromatic rings. The van der Waals surface area contributed by atoms with Crippen molar-refractivity contribution in [2.24, 2.45) is 11.8 Å². The summed E-state index contributed by atoms with van der Waals surface area (Å²) in [5.74, 6) is -4.48. The van der Waals surface area contributed by atoms with Crippen molar-refractivity contribution in [3.8, 4) is 0 Å². The Hall–Kier alpha value is -0.260. The topological polar surface area (TPSA) is 34.1 Å². The Morgan fingerprint density at radius 1 is 1.17 bits per heavy atom. The van der Waals surface area contributed by atoms with E-state index in [0.29, 0.717) is 0 Å². The third kappa shape index (κ3) is 0.967. The maximum Gasteiger partial charge on any atom is 0.305 e. The first-order chi connectivity index (χ1) is 5.33. The van der Waals surface area contributed by atoms with Crippen molar-refractivity contribution in [3.05, 3.63) is 0 Å². The molecule has 0 bridgehead atoms. The summed E-state index contributed by atoms with van der Waals surface area (Å²) < 4.78 is 57.8. The summed E-state index contributed by atoms with van der Waals surface area (Å²) in [7, 11) is -4.59. The molecule has 0 aromatic heterocycles. The van der Waals surface area contributed by atoms with Crippen molar-refractivity contribution in [1.82, 2.24) is 0 Å². The molecule has 0 saturated heterocycles. The first kappa shape index (κ1) is 8.34. The van der Waals surface area contributed by atoms with Crippen LogP contribution in [0.3, 0.4) is 0 Å². The first-order valence-electron chi connectivity index (χ1n) is 3.64. The van der Waals surface area contributed by atoms with E-state index in [-0.39, 0.29) is 12.8 Å². The summed E-state index contributed by atoms with van der Waals surface area (Å²) in [5.41, 5.74) is 0. The lowest BCUT2D eigenvalue weighted by Crippen LogP contribution is -2.19. The van der Waals surface area contributed by atoms with E-state index in [1.807, 2.05) is 0 Å². The Kier molecular flexibility index (Phi) is 1.37. The molecular weight excluding hydrogens is 193 g/mol. The van der Waals surface area contributed by atoms with Crippen LogP contribution in [0.5, 0.6) is 0 Å². The molecule has 0 N–H and O–H groups in total. The molecule has 2 aliphatic carbocycles. The molecule has 2 saturated carbocycles. The molecule has 2 fully saturated rings. The molecule has 12 heavy (non-hydrogen) atoms. The van der Waals surface area contributed by atoms with E-state index < -0.39 is 33.2 Å². The predicted molar refractivity (Wildman–Crippen MR) is 35.0 cm³/mol. The average molecular weight is 200 g/mol. The van der Waals surface area contributed by atoms with Gasteiger partial charge in [-0.25, -0.2) is 8.78 Å². The van der Waals surface area contributed by atoms with Gasteiger partial charge < -0.3 is 0 Å². The summed E-state index contributed by atoms with van der Waals surface area (Å²) in [6.07, 6.45) is -0.424. The fourth-order valence-corrected chi connectivity index (χ4v) is 2.87. The fraction of sp³-hybridized carbons (Fsp3) is 1.00. The number of hydrogen-bond acceptors (Lipinski definition) is 2. The van der Waals surface area contributed by atoms with Crippen molar-refractivity contribution in [1.29, 1.82) is 0 Å². The van der Waals surface area contributed by atoms with Gasteiger partial charge in [0.05, 0.1) is 5.25 Å². The van der Waals surface area contributed by atoms with Crippen LogP contribution in [0.4, 0.5) is 12.7 Å². The molecule has 2 atom stereocenters. The van der Waals surface area contributed by atoms with E-state index in [9.17, 15) is 21.1 Å². The van der Waals surface area contributed by atoms with E-state index in [2.05, 4.69) is 0 Å². The van der Waals surface area contributed by atoms with Crippen LogP contribution < -0.4 is 0 Å². The van der Waals surface area contributed by atoms with E-state index in [4.69, 9.17) is 0 Å². The molecular formula is C6H7F3O2S. The maximum absolute atomic E-state index is 12.5. The molecule has 6 heteroatoms. The van der Waals surface area contributed by atoms with Gasteiger partial charge in [0.25, 0.3) is 5.92 Å². The van der Waals surface area contributed by atoms with Crippen LogP contribution in [0.2, 0.25) is 0 Å². The molecule has 2 nitrogen and oxygen atoms in total. The Morgan fingerprint density at radius 2 is 1.58 bits per heavy atom. The lowest BCUT2D eigenvalue weighted by Gasteiger charge is -2.08. The second-order valence-electron chi connectivity index (χ2n) is 3.46. The molecule has 0 spiro atoms. The van der Waals surface area contributed by atoms with Gasteiger partial charge in [-0.15, -0.1) is 3.89 Å². The highest BCUT2D eigenvalue weighted by Crippen LogP contribution is 2.65.